The van der Waals surface area contributed by atoms with Crippen LogP contribution in [-0.2, 0) is 4.43 Å². The summed E-state index contributed by atoms with van der Waals surface area (Å²) in [7, 11) is -0.515. The van der Waals surface area contributed by atoms with Crippen LogP contribution in [-0.4, -0.2) is 27.2 Å². The maximum atomic E-state index is 6.10. The quantitative estimate of drug-likeness (QED) is 0.793. The normalized spacial score (nSPS) is 22.3. The standard InChI is InChI=1S/C11H24N2OSi.ClH/c1-10(2,3)15-14-11(4,5)8-6-7-9(12)13-8;/h8H,6-7,15H2,1-5H3,(H2,12,13);1H/t8-;/m0./s1. The molecule has 1 aliphatic heterocycles. The zero-order chi connectivity index (χ0) is 11.7. The fourth-order valence-corrected chi connectivity index (χ4v) is 2.61. The molecule has 0 amide bonds. The Labute approximate surface area is 108 Å². The van der Waals surface area contributed by atoms with Crippen LogP contribution in [0.2, 0.25) is 5.04 Å². The van der Waals surface area contributed by atoms with Gasteiger partial charge in [0.1, 0.15) is 0 Å². The molecule has 1 aliphatic rings. The summed E-state index contributed by atoms with van der Waals surface area (Å²) in [5.74, 6) is 0.786. The van der Waals surface area contributed by atoms with Gasteiger partial charge in [-0.05, 0) is 25.3 Å². The Kier molecular flexibility index (Phi) is 5.49. The molecule has 0 unspecified atom stereocenters. The summed E-state index contributed by atoms with van der Waals surface area (Å²) < 4.78 is 6.10. The van der Waals surface area contributed by atoms with E-state index in [2.05, 4.69) is 39.6 Å². The fraction of sp³-hybridized carbons (Fsp3) is 0.909. The average molecular weight is 265 g/mol. The summed E-state index contributed by atoms with van der Waals surface area (Å²) in [6.45, 7) is 11.0. The molecule has 1 heterocycles. The molecule has 2 N–H and O–H groups in total. The Balaban J connectivity index is 0.00000225. The molecule has 96 valence electrons. The third kappa shape index (κ3) is 4.85. The number of rotatable bonds is 3. The van der Waals surface area contributed by atoms with Crippen LogP contribution in [0, 0.1) is 0 Å². The van der Waals surface area contributed by atoms with E-state index in [4.69, 9.17) is 10.2 Å². The number of hydrogen-bond acceptors (Lipinski definition) is 3. The first-order valence-electron chi connectivity index (χ1n) is 5.67. The van der Waals surface area contributed by atoms with Crippen LogP contribution in [0.3, 0.4) is 0 Å². The summed E-state index contributed by atoms with van der Waals surface area (Å²) in [5.41, 5.74) is 5.57. The lowest BCUT2D eigenvalue weighted by Gasteiger charge is -2.33. The van der Waals surface area contributed by atoms with Crippen LogP contribution in [0.1, 0.15) is 47.5 Å². The summed E-state index contributed by atoms with van der Waals surface area (Å²) in [5, 5.41) is 0.338. The Hall–Kier alpha value is -0.0631. The van der Waals surface area contributed by atoms with E-state index in [1.165, 1.54) is 0 Å². The molecule has 1 rings (SSSR count). The SMILES string of the molecule is CC(C)(C)[SiH2]OC(C)(C)[C@@H]1CCC(N)=N1.Cl. The second kappa shape index (κ2) is 5.51. The third-order valence-corrected chi connectivity index (χ3v) is 4.43. The molecule has 0 aromatic heterocycles. The van der Waals surface area contributed by atoms with Crippen molar-refractivity contribution in [3.8, 4) is 0 Å². The van der Waals surface area contributed by atoms with Crippen molar-refractivity contribution in [2.45, 2.75) is 64.1 Å². The maximum absolute atomic E-state index is 6.10. The zero-order valence-electron chi connectivity index (χ0n) is 11.0. The van der Waals surface area contributed by atoms with Crippen molar-refractivity contribution in [2.75, 3.05) is 0 Å². The van der Waals surface area contributed by atoms with Gasteiger partial charge in [-0.1, -0.05) is 20.8 Å². The van der Waals surface area contributed by atoms with Gasteiger partial charge in [0.05, 0.1) is 17.5 Å². The van der Waals surface area contributed by atoms with Gasteiger partial charge in [0.15, 0.2) is 9.76 Å². The van der Waals surface area contributed by atoms with Crippen LogP contribution >= 0.6 is 12.4 Å². The second-order valence-corrected chi connectivity index (χ2v) is 8.83. The van der Waals surface area contributed by atoms with Crippen molar-refractivity contribution in [2.24, 2.45) is 10.7 Å². The minimum Gasteiger partial charge on any atom is -0.416 e. The number of amidine groups is 1. The molecule has 16 heavy (non-hydrogen) atoms. The summed E-state index contributed by atoms with van der Waals surface area (Å²) in [4.78, 5) is 4.45. The smallest absolute Gasteiger partial charge is 0.167 e. The summed E-state index contributed by atoms with van der Waals surface area (Å²) in [6.07, 6.45) is 1.96. The number of hydrogen-bond donors (Lipinski definition) is 1. The van der Waals surface area contributed by atoms with Crippen molar-refractivity contribution in [3.05, 3.63) is 0 Å². The number of nitrogens with zero attached hydrogens (tertiary/aromatic N) is 1. The van der Waals surface area contributed by atoms with Gasteiger partial charge < -0.3 is 10.2 Å². The van der Waals surface area contributed by atoms with E-state index >= 15 is 0 Å². The minimum atomic E-state index is -0.515. The largest absolute Gasteiger partial charge is 0.416 e. The first kappa shape index (κ1) is 15.9. The highest BCUT2D eigenvalue weighted by molar-refractivity contribution is 6.31. The fourth-order valence-electron chi connectivity index (χ4n) is 1.62. The molecule has 0 aromatic rings. The molecule has 3 nitrogen and oxygen atoms in total. The van der Waals surface area contributed by atoms with Crippen molar-refractivity contribution < 1.29 is 4.43 Å². The van der Waals surface area contributed by atoms with Crippen molar-refractivity contribution >= 4 is 28.0 Å². The van der Waals surface area contributed by atoms with Crippen molar-refractivity contribution in [1.29, 1.82) is 0 Å². The molecular formula is C11H25ClN2OSi. The summed E-state index contributed by atoms with van der Waals surface area (Å²) >= 11 is 0. The van der Waals surface area contributed by atoms with Crippen LogP contribution < -0.4 is 5.73 Å². The monoisotopic (exact) mass is 264 g/mol. The van der Waals surface area contributed by atoms with E-state index in [9.17, 15) is 0 Å². The Morgan fingerprint density at radius 3 is 2.25 bits per heavy atom. The number of aliphatic imine (C=N–C) groups is 1. The number of halogens is 1. The molecule has 1 atom stereocenters. The molecule has 0 bridgehead atoms. The maximum Gasteiger partial charge on any atom is 0.167 e. The van der Waals surface area contributed by atoms with Crippen molar-refractivity contribution in [3.63, 3.8) is 0 Å². The van der Waals surface area contributed by atoms with Gasteiger partial charge >= 0.3 is 0 Å². The molecule has 0 saturated heterocycles. The van der Waals surface area contributed by atoms with Gasteiger partial charge in [-0.3, -0.25) is 4.99 Å². The highest BCUT2D eigenvalue weighted by Gasteiger charge is 2.33. The lowest BCUT2D eigenvalue weighted by atomic mass is 9.97. The van der Waals surface area contributed by atoms with Gasteiger partial charge in [0, 0.05) is 6.42 Å². The molecule has 0 saturated carbocycles. The first-order valence-corrected chi connectivity index (χ1v) is 6.95. The molecule has 0 aliphatic carbocycles. The van der Waals surface area contributed by atoms with Crippen LogP contribution in [0.5, 0.6) is 0 Å². The van der Waals surface area contributed by atoms with Gasteiger partial charge in [-0.15, -0.1) is 12.4 Å². The van der Waals surface area contributed by atoms with Gasteiger partial charge in [-0.2, -0.15) is 0 Å². The van der Waals surface area contributed by atoms with Crippen LogP contribution in [0.15, 0.2) is 4.99 Å². The van der Waals surface area contributed by atoms with E-state index in [-0.39, 0.29) is 24.0 Å². The van der Waals surface area contributed by atoms with E-state index in [1.54, 1.807) is 0 Å². The van der Waals surface area contributed by atoms with Crippen molar-refractivity contribution in [1.82, 2.24) is 0 Å². The zero-order valence-corrected chi connectivity index (χ0v) is 13.3. The Bertz CT molecular complexity index is 261. The van der Waals surface area contributed by atoms with E-state index < -0.39 is 9.76 Å². The molecule has 0 radical (unpaired) electrons. The Morgan fingerprint density at radius 1 is 1.31 bits per heavy atom. The van der Waals surface area contributed by atoms with Crippen LogP contribution in [0.25, 0.3) is 0 Å². The van der Waals surface area contributed by atoms with Gasteiger partial charge in [-0.25, -0.2) is 0 Å². The topological polar surface area (TPSA) is 47.6 Å². The molecule has 0 aromatic carbocycles. The van der Waals surface area contributed by atoms with Crippen LogP contribution in [0.4, 0.5) is 0 Å². The third-order valence-electron chi connectivity index (χ3n) is 2.68. The minimum absolute atomic E-state index is 0. The van der Waals surface area contributed by atoms with E-state index in [1.807, 2.05) is 0 Å². The first-order chi connectivity index (χ1) is 6.71. The molecular weight excluding hydrogens is 240 g/mol. The second-order valence-electron chi connectivity index (χ2n) is 6.13. The van der Waals surface area contributed by atoms with Gasteiger partial charge in [0.25, 0.3) is 0 Å². The molecule has 0 fully saturated rings. The lowest BCUT2D eigenvalue weighted by molar-refractivity contribution is 0.0813. The lowest BCUT2D eigenvalue weighted by Crippen LogP contribution is -2.39. The highest BCUT2D eigenvalue weighted by Crippen LogP contribution is 2.29. The molecule has 5 heteroatoms. The molecule has 0 spiro atoms. The number of nitrogens with two attached hydrogens (primary N) is 1. The van der Waals surface area contributed by atoms with Gasteiger partial charge in [0.2, 0.25) is 0 Å². The Morgan fingerprint density at radius 2 is 1.88 bits per heavy atom. The van der Waals surface area contributed by atoms with E-state index in [0.717, 1.165) is 18.7 Å². The van der Waals surface area contributed by atoms with E-state index in [0.29, 0.717) is 5.04 Å². The summed E-state index contributed by atoms with van der Waals surface area (Å²) in [6, 6.07) is 0.257. The predicted octanol–water partition coefficient (Wildman–Crippen LogP) is 2.03. The predicted molar refractivity (Wildman–Crippen MR) is 75.3 cm³/mol. The average Bonchev–Trinajstić information content (AvgIpc) is 2.48. The highest BCUT2D eigenvalue weighted by atomic mass is 35.5.